The van der Waals surface area contributed by atoms with Gasteiger partial charge in [-0.05, 0) is 38.3 Å². The number of benzene rings is 1. The third kappa shape index (κ3) is 4.67. The van der Waals surface area contributed by atoms with E-state index in [-0.39, 0.29) is 30.3 Å². The molecule has 1 atom stereocenters. The first-order valence-corrected chi connectivity index (χ1v) is 9.54. The largest absolute Gasteiger partial charge is 0.473 e. The number of hydrogen-bond donors (Lipinski definition) is 0. The summed E-state index contributed by atoms with van der Waals surface area (Å²) in [5.74, 6) is 0.0999. The van der Waals surface area contributed by atoms with Gasteiger partial charge in [0.05, 0.1) is 17.6 Å². The standard InChI is InChI=1S/C20H26N4O5/c1-20(2,3)29-19(25)23-11-9-14-7-5-6-8-15(14)16(23)10-12-28-18-17(24(26)27)13-21-22(18)4/h5-8,13,16H,9-12H2,1-4H3. The van der Waals surface area contributed by atoms with Crippen molar-refractivity contribution in [1.82, 2.24) is 14.7 Å². The first-order chi connectivity index (χ1) is 13.7. The SMILES string of the molecule is Cn1ncc([N+](=O)[O-])c1OCCC1c2ccccc2CCN1C(=O)OC(C)(C)C. The molecule has 9 heteroatoms. The molecule has 2 heterocycles. The molecule has 1 aliphatic heterocycles. The number of aromatic nitrogens is 2. The first kappa shape index (κ1) is 20.6. The highest BCUT2D eigenvalue weighted by atomic mass is 16.6. The van der Waals surface area contributed by atoms with Gasteiger partial charge in [0.15, 0.2) is 0 Å². The molecule has 0 aliphatic carbocycles. The van der Waals surface area contributed by atoms with Gasteiger partial charge in [-0.3, -0.25) is 10.1 Å². The number of fused-ring (bicyclic) bond motifs is 1. The summed E-state index contributed by atoms with van der Waals surface area (Å²) in [4.78, 5) is 25.1. The van der Waals surface area contributed by atoms with Crippen LogP contribution in [0.1, 0.15) is 44.4 Å². The van der Waals surface area contributed by atoms with Crippen LogP contribution in [0.4, 0.5) is 10.5 Å². The lowest BCUT2D eigenvalue weighted by Gasteiger charge is -2.38. The van der Waals surface area contributed by atoms with E-state index < -0.39 is 10.5 Å². The van der Waals surface area contributed by atoms with E-state index in [0.717, 1.165) is 18.2 Å². The number of hydrogen-bond acceptors (Lipinski definition) is 6. The number of nitrogens with zero attached hydrogens (tertiary/aromatic N) is 4. The molecule has 1 aromatic carbocycles. The lowest BCUT2D eigenvalue weighted by atomic mass is 9.91. The number of nitro groups is 1. The highest BCUT2D eigenvalue weighted by Gasteiger charge is 2.33. The maximum Gasteiger partial charge on any atom is 0.410 e. The van der Waals surface area contributed by atoms with Crippen LogP contribution in [0.5, 0.6) is 5.88 Å². The molecule has 1 aliphatic rings. The molecule has 0 spiro atoms. The van der Waals surface area contributed by atoms with Crippen LogP contribution in [0.2, 0.25) is 0 Å². The zero-order chi connectivity index (χ0) is 21.2. The molecule has 1 aromatic heterocycles. The summed E-state index contributed by atoms with van der Waals surface area (Å²) in [6.07, 6.45) is 2.01. The summed E-state index contributed by atoms with van der Waals surface area (Å²) in [6, 6.07) is 7.75. The average molecular weight is 402 g/mol. The van der Waals surface area contributed by atoms with E-state index in [9.17, 15) is 14.9 Å². The minimum Gasteiger partial charge on any atom is -0.473 e. The Morgan fingerprint density at radius 2 is 2.07 bits per heavy atom. The van der Waals surface area contributed by atoms with E-state index in [2.05, 4.69) is 11.2 Å². The minimum atomic E-state index is -0.593. The second-order valence-corrected chi connectivity index (χ2v) is 7.99. The molecular weight excluding hydrogens is 376 g/mol. The molecule has 3 rings (SSSR count). The zero-order valence-corrected chi connectivity index (χ0v) is 17.1. The maximum absolute atomic E-state index is 12.8. The maximum atomic E-state index is 12.8. The summed E-state index contributed by atoms with van der Waals surface area (Å²) in [5.41, 5.74) is 1.46. The van der Waals surface area contributed by atoms with E-state index in [0.29, 0.717) is 13.0 Å². The molecule has 0 bridgehead atoms. The van der Waals surface area contributed by atoms with Gasteiger partial charge in [0.2, 0.25) is 0 Å². The van der Waals surface area contributed by atoms with Crippen molar-refractivity contribution in [2.45, 2.75) is 45.3 Å². The van der Waals surface area contributed by atoms with Crippen LogP contribution in [0.25, 0.3) is 0 Å². The third-order valence-electron chi connectivity index (χ3n) is 4.73. The van der Waals surface area contributed by atoms with Crippen molar-refractivity contribution < 1.29 is 19.2 Å². The van der Waals surface area contributed by atoms with Crippen molar-refractivity contribution in [3.05, 3.63) is 51.7 Å². The van der Waals surface area contributed by atoms with Gasteiger partial charge in [0, 0.05) is 20.0 Å². The Morgan fingerprint density at radius 3 is 2.76 bits per heavy atom. The fraction of sp³-hybridized carbons (Fsp3) is 0.500. The summed E-state index contributed by atoms with van der Waals surface area (Å²) >= 11 is 0. The Bertz CT molecular complexity index is 903. The van der Waals surface area contributed by atoms with Crippen LogP contribution in [0.15, 0.2) is 30.5 Å². The average Bonchev–Trinajstić information content (AvgIpc) is 3.01. The fourth-order valence-electron chi connectivity index (χ4n) is 3.48. The highest BCUT2D eigenvalue weighted by molar-refractivity contribution is 5.69. The molecule has 1 amide bonds. The monoisotopic (exact) mass is 402 g/mol. The van der Waals surface area contributed by atoms with E-state index in [1.807, 2.05) is 39.0 Å². The molecule has 0 radical (unpaired) electrons. The van der Waals surface area contributed by atoms with Crippen LogP contribution >= 0.6 is 0 Å². The van der Waals surface area contributed by atoms with Crippen LogP contribution in [0, 0.1) is 10.1 Å². The smallest absolute Gasteiger partial charge is 0.410 e. The number of carbonyl (C=O) groups excluding carboxylic acids is 1. The summed E-state index contributed by atoms with van der Waals surface area (Å²) < 4.78 is 12.6. The van der Waals surface area contributed by atoms with Gasteiger partial charge in [0.25, 0.3) is 5.88 Å². The number of rotatable bonds is 5. The van der Waals surface area contributed by atoms with Crippen molar-refractivity contribution in [3.8, 4) is 5.88 Å². The Kier molecular flexibility index (Phi) is 5.76. The summed E-state index contributed by atoms with van der Waals surface area (Å²) in [7, 11) is 1.59. The van der Waals surface area contributed by atoms with Gasteiger partial charge >= 0.3 is 11.8 Å². The number of aryl methyl sites for hydroxylation is 1. The molecular formula is C20H26N4O5. The summed E-state index contributed by atoms with van der Waals surface area (Å²) in [5, 5.41) is 15.0. The fourth-order valence-corrected chi connectivity index (χ4v) is 3.48. The predicted molar refractivity (Wildman–Crippen MR) is 106 cm³/mol. The zero-order valence-electron chi connectivity index (χ0n) is 17.1. The molecule has 0 fully saturated rings. The van der Waals surface area contributed by atoms with Crippen LogP contribution in [0.3, 0.4) is 0 Å². The molecule has 0 saturated heterocycles. The number of ether oxygens (including phenoxy) is 2. The molecule has 0 saturated carbocycles. The van der Waals surface area contributed by atoms with Gasteiger partial charge in [-0.25, -0.2) is 9.48 Å². The van der Waals surface area contributed by atoms with Crippen molar-refractivity contribution in [3.63, 3.8) is 0 Å². The number of carbonyl (C=O) groups is 1. The van der Waals surface area contributed by atoms with Gasteiger partial charge in [-0.1, -0.05) is 24.3 Å². The Labute approximate surface area is 169 Å². The van der Waals surface area contributed by atoms with E-state index in [1.165, 1.54) is 10.2 Å². The number of amides is 1. The summed E-state index contributed by atoms with van der Waals surface area (Å²) in [6.45, 7) is 6.24. The van der Waals surface area contributed by atoms with Crippen molar-refractivity contribution in [2.24, 2.45) is 7.05 Å². The lowest BCUT2D eigenvalue weighted by Crippen LogP contribution is -2.43. The van der Waals surface area contributed by atoms with Gasteiger partial charge in [-0.15, -0.1) is 0 Å². The normalized spacial score (nSPS) is 16.3. The molecule has 29 heavy (non-hydrogen) atoms. The molecule has 1 unspecified atom stereocenters. The van der Waals surface area contributed by atoms with Crippen molar-refractivity contribution in [1.29, 1.82) is 0 Å². The van der Waals surface area contributed by atoms with Gasteiger partial charge in [0.1, 0.15) is 11.8 Å². The van der Waals surface area contributed by atoms with E-state index in [4.69, 9.17) is 9.47 Å². The van der Waals surface area contributed by atoms with E-state index in [1.54, 1.807) is 11.9 Å². The van der Waals surface area contributed by atoms with Gasteiger partial charge in [-0.2, -0.15) is 5.10 Å². The van der Waals surface area contributed by atoms with Crippen LogP contribution in [-0.2, 0) is 18.2 Å². The molecule has 0 N–H and O–H groups in total. The quantitative estimate of drug-likeness (QED) is 0.559. The van der Waals surface area contributed by atoms with E-state index >= 15 is 0 Å². The van der Waals surface area contributed by atoms with Gasteiger partial charge < -0.3 is 14.4 Å². The lowest BCUT2D eigenvalue weighted by molar-refractivity contribution is -0.386. The Hall–Kier alpha value is -3.10. The Morgan fingerprint density at radius 1 is 1.34 bits per heavy atom. The molecule has 156 valence electrons. The molecule has 2 aromatic rings. The van der Waals surface area contributed by atoms with Crippen molar-refractivity contribution >= 4 is 11.8 Å². The van der Waals surface area contributed by atoms with Crippen molar-refractivity contribution in [2.75, 3.05) is 13.2 Å². The topological polar surface area (TPSA) is 99.7 Å². The predicted octanol–water partition coefficient (Wildman–Crippen LogP) is 3.63. The molecule has 9 nitrogen and oxygen atoms in total. The minimum absolute atomic E-state index is 0.0999. The third-order valence-corrected chi connectivity index (χ3v) is 4.73. The second kappa shape index (κ2) is 8.10. The highest BCUT2D eigenvalue weighted by Crippen LogP contribution is 2.34. The Balaban J connectivity index is 1.78. The van der Waals surface area contributed by atoms with Crippen LogP contribution < -0.4 is 4.74 Å². The second-order valence-electron chi connectivity index (χ2n) is 7.99. The van der Waals surface area contributed by atoms with Crippen LogP contribution in [-0.4, -0.2) is 44.4 Å². The first-order valence-electron chi connectivity index (χ1n) is 9.54.